The molecule has 2 aliphatic rings. The normalized spacial score (nSPS) is 22.8. The van der Waals surface area contributed by atoms with Crippen molar-refractivity contribution in [2.45, 2.75) is 24.2 Å². The lowest BCUT2D eigenvalue weighted by atomic mass is 9.78. The highest BCUT2D eigenvalue weighted by Gasteiger charge is 2.43. The number of hydrogen-bond acceptors (Lipinski definition) is 3. The summed E-state index contributed by atoms with van der Waals surface area (Å²) in [6.45, 7) is 3.07. The molecule has 3 rings (SSSR count). The molecule has 0 bridgehead atoms. The summed E-state index contributed by atoms with van der Waals surface area (Å²) in [5.74, 6) is 0. The molecule has 1 aromatic rings. The van der Waals surface area contributed by atoms with Crippen molar-refractivity contribution in [2.24, 2.45) is 5.41 Å². The molecule has 0 unspecified atom stereocenters. The van der Waals surface area contributed by atoms with E-state index in [4.69, 9.17) is 23.2 Å². The molecule has 2 heterocycles. The first kappa shape index (κ1) is 15.6. The summed E-state index contributed by atoms with van der Waals surface area (Å²) in [7, 11) is -3.57. The lowest BCUT2D eigenvalue weighted by Gasteiger charge is -2.33. The van der Waals surface area contributed by atoms with Crippen LogP contribution in [-0.2, 0) is 10.0 Å². The molecule has 0 aliphatic carbocycles. The van der Waals surface area contributed by atoms with Crippen LogP contribution in [0.2, 0.25) is 10.0 Å². The highest BCUT2D eigenvalue weighted by atomic mass is 35.5. The maximum atomic E-state index is 12.8. The van der Waals surface area contributed by atoms with Gasteiger partial charge in [0.05, 0.1) is 5.02 Å². The first-order valence-corrected chi connectivity index (χ1v) is 9.29. The predicted octanol–water partition coefficient (Wildman–Crippen LogP) is 2.76. The molecule has 4 nitrogen and oxygen atoms in total. The van der Waals surface area contributed by atoms with Crippen molar-refractivity contribution in [1.29, 1.82) is 0 Å². The van der Waals surface area contributed by atoms with Gasteiger partial charge in [0.15, 0.2) is 0 Å². The van der Waals surface area contributed by atoms with Crippen molar-refractivity contribution in [1.82, 2.24) is 9.62 Å². The zero-order valence-corrected chi connectivity index (χ0v) is 13.9. The van der Waals surface area contributed by atoms with Crippen molar-refractivity contribution in [2.75, 3.05) is 26.2 Å². The molecular weight excluding hydrogens is 331 g/mol. The number of sulfonamides is 1. The molecule has 0 aromatic heterocycles. The molecule has 1 spiro atoms. The Morgan fingerprint density at radius 3 is 2.57 bits per heavy atom. The zero-order chi connectivity index (χ0) is 15.1. The Balaban J connectivity index is 1.88. The topological polar surface area (TPSA) is 49.4 Å². The quantitative estimate of drug-likeness (QED) is 0.893. The van der Waals surface area contributed by atoms with Crippen LogP contribution in [-0.4, -0.2) is 38.9 Å². The first-order chi connectivity index (χ1) is 9.93. The third kappa shape index (κ3) is 2.94. The van der Waals surface area contributed by atoms with Gasteiger partial charge in [-0.15, -0.1) is 0 Å². The van der Waals surface area contributed by atoms with E-state index in [1.54, 1.807) is 10.4 Å². The van der Waals surface area contributed by atoms with E-state index in [2.05, 4.69) is 5.32 Å². The minimum atomic E-state index is -3.57. The number of hydrogen-bond donors (Lipinski definition) is 1. The second kappa shape index (κ2) is 5.70. The summed E-state index contributed by atoms with van der Waals surface area (Å²) in [4.78, 5) is 0.114. The molecule has 2 saturated heterocycles. The molecule has 0 amide bonds. The summed E-state index contributed by atoms with van der Waals surface area (Å²) in [6.07, 6.45) is 2.98. The molecule has 2 fully saturated rings. The highest BCUT2D eigenvalue weighted by molar-refractivity contribution is 7.89. The summed E-state index contributed by atoms with van der Waals surface area (Å²) >= 11 is 12.0. The Morgan fingerprint density at radius 2 is 1.86 bits per heavy atom. The minimum absolute atomic E-state index is 0.114. The SMILES string of the molecule is O=S(=O)(c1cc(Cl)ccc1Cl)N1CCC2(CCNCC2)C1. The molecule has 116 valence electrons. The van der Waals surface area contributed by atoms with Crippen molar-refractivity contribution >= 4 is 33.2 Å². The van der Waals surface area contributed by atoms with Crippen LogP contribution < -0.4 is 5.32 Å². The van der Waals surface area contributed by atoms with Gasteiger partial charge in [-0.2, -0.15) is 4.31 Å². The number of rotatable bonds is 2. The van der Waals surface area contributed by atoms with E-state index in [0.29, 0.717) is 18.1 Å². The fourth-order valence-corrected chi connectivity index (χ4v) is 5.57. The summed E-state index contributed by atoms with van der Waals surface area (Å²) in [5.41, 5.74) is 0.128. The van der Waals surface area contributed by atoms with Crippen molar-refractivity contribution < 1.29 is 8.42 Å². The molecule has 0 radical (unpaired) electrons. The number of piperidine rings is 1. The number of benzene rings is 1. The summed E-state index contributed by atoms with van der Waals surface area (Å²) < 4.78 is 27.2. The molecule has 2 aliphatic heterocycles. The van der Waals surface area contributed by atoms with Crippen LogP contribution in [0.3, 0.4) is 0 Å². The highest BCUT2D eigenvalue weighted by Crippen LogP contribution is 2.41. The Morgan fingerprint density at radius 1 is 1.14 bits per heavy atom. The summed E-state index contributed by atoms with van der Waals surface area (Å²) in [6, 6.07) is 4.57. The molecular formula is C14H18Cl2N2O2S. The van der Waals surface area contributed by atoms with Crippen LogP contribution in [0.1, 0.15) is 19.3 Å². The van der Waals surface area contributed by atoms with Crippen molar-refractivity contribution in [3.63, 3.8) is 0 Å². The molecule has 0 saturated carbocycles. The van der Waals surface area contributed by atoms with Gasteiger partial charge < -0.3 is 5.32 Å². The van der Waals surface area contributed by atoms with Crippen LogP contribution >= 0.6 is 23.2 Å². The molecule has 1 N–H and O–H groups in total. The fraction of sp³-hybridized carbons (Fsp3) is 0.571. The predicted molar refractivity (Wildman–Crippen MR) is 84.4 cm³/mol. The van der Waals surface area contributed by atoms with Crippen LogP contribution in [0.5, 0.6) is 0 Å². The second-order valence-electron chi connectivity index (χ2n) is 5.91. The molecule has 21 heavy (non-hydrogen) atoms. The first-order valence-electron chi connectivity index (χ1n) is 7.09. The lowest BCUT2D eigenvalue weighted by molar-refractivity contribution is 0.218. The van der Waals surface area contributed by atoms with Gasteiger partial charge in [-0.25, -0.2) is 8.42 Å². The lowest BCUT2D eigenvalue weighted by Crippen LogP contribution is -2.39. The third-order valence-electron chi connectivity index (χ3n) is 4.58. The van der Waals surface area contributed by atoms with Crippen LogP contribution in [0.15, 0.2) is 23.1 Å². The van der Waals surface area contributed by atoms with Crippen LogP contribution in [0.4, 0.5) is 0 Å². The average Bonchev–Trinajstić information content (AvgIpc) is 2.87. The van der Waals surface area contributed by atoms with Gasteiger partial charge in [0.25, 0.3) is 0 Å². The minimum Gasteiger partial charge on any atom is -0.317 e. The van der Waals surface area contributed by atoms with Crippen LogP contribution in [0, 0.1) is 5.41 Å². The van der Waals surface area contributed by atoms with E-state index >= 15 is 0 Å². The van der Waals surface area contributed by atoms with Gasteiger partial charge >= 0.3 is 0 Å². The van der Waals surface area contributed by atoms with Gasteiger partial charge in [-0.1, -0.05) is 23.2 Å². The second-order valence-corrected chi connectivity index (χ2v) is 8.66. The molecule has 0 atom stereocenters. The van der Waals surface area contributed by atoms with Gasteiger partial charge in [0.1, 0.15) is 4.90 Å². The Kier molecular flexibility index (Phi) is 4.23. The van der Waals surface area contributed by atoms with E-state index in [0.717, 1.165) is 32.4 Å². The van der Waals surface area contributed by atoms with Gasteiger partial charge in [-0.05, 0) is 56.0 Å². The number of halogens is 2. The maximum Gasteiger partial charge on any atom is 0.244 e. The Hall–Kier alpha value is -0.330. The monoisotopic (exact) mass is 348 g/mol. The summed E-state index contributed by atoms with van der Waals surface area (Å²) in [5, 5.41) is 3.94. The van der Waals surface area contributed by atoms with E-state index in [1.165, 1.54) is 12.1 Å². The fourth-order valence-electron chi connectivity index (χ4n) is 3.28. The largest absolute Gasteiger partial charge is 0.317 e. The van der Waals surface area contributed by atoms with Gasteiger partial charge in [0, 0.05) is 18.1 Å². The van der Waals surface area contributed by atoms with E-state index < -0.39 is 10.0 Å². The number of nitrogens with zero attached hydrogens (tertiary/aromatic N) is 1. The standard InChI is InChI=1S/C14H18Cl2N2O2S/c15-11-1-2-12(16)13(9-11)21(19,20)18-8-5-14(10-18)3-6-17-7-4-14/h1-2,9,17H,3-8,10H2. The smallest absolute Gasteiger partial charge is 0.244 e. The van der Waals surface area contributed by atoms with Crippen LogP contribution in [0.25, 0.3) is 0 Å². The Bertz CT molecular complexity index is 642. The van der Waals surface area contributed by atoms with E-state index in [9.17, 15) is 8.42 Å². The van der Waals surface area contributed by atoms with E-state index in [-0.39, 0.29) is 15.3 Å². The molecule has 7 heteroatoms. The Labute approximate surface area is 135 Å². The van der Waals surface area contributed by atoms with Gasteiger partial charge in [0.2, 0.25) is 10.0 Å². The number of nitrogens with one attached hydrogen (secondary N) is 1. The maximum absolute atomic E-state index is 12.8. The van der Waals surface area contributed by atoms with Crippen molar-refractivity contribution in [3.8, 4) is 0 Å². The van der Waals surface area contributed by atoms with Crippen molar-refractivity contribution in [3.05, 3.63) is 28.2 Å². The zero-order valence-electron chi connectivity index (χ0n) is 11.6. The average molecular weight is 349 g/mol. The molecule has 1 aromatic carbocycles. The third-order valence-corrected chi connectivity index (χ3v) is 7.14. The van der Waals surface area contributed by atoms with Gasteiger partial charge in [-0.3, -0.25) is 0 Å². The van der Waals surface area contributed by atoms with E-state index in [1.807, 2.05) is 0 Å².